The lowest BCUT2D eigenvalue weighted by Gasteiger charge is -2.27. The maximum atomic E-state index is 13.3. The second kappa shape index (κ2) is 10.1. The molecule has 37 heavy (non-hydrogen) atoms. The first-order chi connectivity index (χ1) is 17.4. The van der Waals surface area contributed by atoms with Gasteiger partial charge in [0.25, 0.3) is 5.91 Å². The number of hydrogen-bond acceptors (Lipinski definition) is 5. The molecule has 2 aromatic carbocycles. The molecule has 0 aliphatic carbocycles. The molecule has 0 saturated carbocycles. The Morgan fingerprint density at radius 3 is 2.32 bits per heavy atom. The molecule has 12 heteroatoms. The summed E-state index contributed by atoms with van der Waals surface area (Å²) in [6.45, 7) is 3.22. The molecule has 1 aliphatic heterocycles. The molecule has 3 aromatic rings. The summed E-state index contributed by atoms with van der Waals surface area (Å²) in [7, 11) is 0. The molecule has 2 N–H and O–H groups in total. The number of nitrogens with one attached hydrogen (secondary N) is 2. The lowest BCUT2D eigenvalue weighted by molar-refractivity contribution is -0.123. The number of rotatable bonds is 6. The second-order valence-corrected chi connectivity index (χ2v) is 9.74. The number of carbonyl (C=O) groups excluding carboxylic acids is 3. The van der Waals surface area contributed by atoms with E-state index in [2.05, 4.69) is 15.6 Å². The van der Waals surface area contributed by atoms with Crippen molar-refractivity contribution >= 4 is 46.9 Å². The first-order valence-electron chi connectivity index (χ1n) is 11.0. The normalized spacial score (nSPS) is 15.2. The van der Waals surface area contributed by atoms with Gasteiger partial charge >= 0.3 is 17.6 Å². The van der Waals surface area contributed by atoms with E-state index in [-0.39, 0.29) is 34.7 Å². The summed E-state index contributed by atoms with van der Waals surface area (Å²) >= 11 is -0.278. The second-order valence-electron chi connectivity index (χ2n) is 8.60. The highest BCUT2D eigenvalue weighted by Crippen LogP contribution is 2.39. The summed E-state index contributed by atoms with van der Waals surface area (Å²) in [4.78, 5) is 45.1. The van der Waals surface area contributed by atoms with Crippen LogP contribution >= 0.6 is 11.8 Å². The van der Waals surface area contributed by atoms with Crippen molar-refractivity contribution in [3.05, 3.63) is 78.5 Å². The number of halogens is 3. The summed E-state index contributed by atoms with van der Waals surface area (Å²) in [5, 5.41) is 5.31. The number of thioether (sulfide) groups is 1. The predicted octanol–water partition coefficient (Wildman–Crippen LogP) is 6.08. The van der Waals surface area contributed by atoms with E-state index in [1.807, 2.05) is 6.07 Å². The number of para-hydroxylation sites is 1. The van der Waals surface area contributed by atoms with E-state index in [9.17, 15) is 27.6 Å². The van der Waals surface area contributed by atoms with Crippen LogP contribution in [0.2, 0.25) is 0 Å². The number of benzene rings is 2. The van der Waals surface area contributed by atoms with Crippen LogP contribution in [0, 0.1) is 0 Å². The van der Waals surface area contributed by atoms with E-state index >= 15 is 0 Å². The Morgan fingerprint density at radius 1 is 1.00 bits per heavy atom. The molecule has 2 heterocycles. The van der Waals surface area contributed by atoms with Crippen LogP contribution in [0.1, 0.15) is 19.4 Å². The molecule has 0 unspecified atom stereocenters. The van der Waals surface area contributed by atoms with Crippen LogP contribution in [0.5, 0.6) is 0 Å². The Hall–Kier alpha value is -4.06. The van der Waals surface area contributed by atoms with Gasteiger partial charge in [-0.15, -0.1) is 0 Å². The van der Waals surface area contributed by atoms with Crippen molar-refractivity contribution in [2.75, 3.05) is 15.5 Å². The maximum Gasteiger partial charge on any atom is 0.446 e. The fourth-order valence-corrected chi connectivity index (χ4v) is 4.29. The number of amides is 5. The van der Waals surface area contributed by atoms with E-state index in [1.165, 1.54) is 35.4 Å². The summed E-state index contributed by atoms with van der Waals surface area (Å²) in [6, 6.07) is 16.0. The van der Waals surface area contributed by atoms with Gasteiger partial charge < -0.3 is 10.2 Å². The fourth-order valence-electron chi connectivity index (χ4n) is 3.75. The van der Waals surface area contributed by atoms with Crippen LogP contribution < -0.4 is 15.5 Å². The molecule has 5 amide bonds. The molecule has 1 aliphatic rings. The maximum absolute atomic E-state index is 13.3. The van der Waals surface area contributed by atoms with Crippen molar-refractivity contribution in [3.8, 4) is 0 Å². The van der Waals surface area contributed by atoms with Gasteiger partial charge in [-0.25, -0.2) is 19.5 Å². The third kappa shape index (κ3) is 6.02. The van der Waals surface area contributed by atoms with Crippen molar-refractivity contribution < 1.29 is 27.6 Å². The minimum absolute atomic E-state index is 0.0353. The van der Waals surface area contributed by atoms with Crippen LogP contribution in [0.15, 0.2) is 77.8 Å². The number of carbonyl (C=O) groups is 3. The van der Waals surface area contributed by atoms with Crippen molar-refractivity contribution in [3.63, 3.8) is 0 Å². The van der Waals surface area contributed by atoms with Gasteiger partial charge in [0.05, 0.1) is 5.69 Å². The Morgan fingerprint density at radius 2 is 1.68 bits per heavy atom. The molecule has 1 fully saturated rings. The Kier molecular flexibility index (Phi) is 7.12. The number of hydrogen-bond donors (Lipinski definition) is 2. The molecule has 1 aromatic heterocycles. The van der Waals surface area contributed by atoms with E-state index in [0.29, 0.717) is 11.3 Å². The molecular formula is C25H22F3N5O3S. The van der Waals surface area contributed by atoms with Gasteiger partial charge in [0, 0.05) is 23.3 Å². The zero-order valence-electron chi connectivity index (χ0n) is 19.7. The van der Waals surface area contributed by atoms with E-state index in [4.69, 9.17) is 0 Å². The van der Waals surface area contributed by atoms with Crippen LogP contribution in [0.25, 0.3) is 0 Å². The molecule has 0 spiro atoms. The van der Waals surface area contributed by atoms with Crippen LogP contribution in [-0.4, -0.2) is 38.9 Å². The van der Waals surface area contributed by atoms with Gasteiger partial charge in [0.2, 0.25) is 0 Å². The van der Waals surface area contributed by atoms with Gasteiger partial charge in [-0.05, 0) is 79.7 Å². The zero-order chi connectivity index (χ0) is 26.8. The van der Waals surface area contributed by atoms with Gasteiger partial charge in [-0.3, -0.25) is 10.1 Å². The number of aromatic nitrogens is 1. The van der Waals surface area contributed by atoms with Crippen LogP contribution in [-0.2, 0) is 11.3 Å². The van der Waals surface area contributed by atoms with Crippen molar-refractivity contribution in [2.45, 2.75) is 36.3 Å². The number of anilines is 3. The SMILES string of the molecule is CC1(C)C(=O)N(c2ccc(SC(F)(F)F)cc2)C(=O)N1Cc1ccnc(NC(=O)Nc2ccccc2)c1. The average molecular weight is 530 g/mol. The number of pyridine rings is 1. The zero-order valence-corrected chi connectivity index (χ0v) is 20.6. The fraction of sp³-hybridized carbons (Fsp3) is 0.200. The molecular weight excluding hydrogens is 507 g/mol. The van der Waals surface area contributed by atoms with E-state index < -0.39 is 29.0 Å². The Bertz CT molecular complexity index is 1320. The van der Waals surface area contributed by atoms with Gasteiger partial charge in [-0.1, -0.05) is 18.2 Å². The number of alkyl halides is 3. The van der Waals surface area contributed by atoms with Gasteiger partial charge in [-0.2, -0.15) is 13.2 Å². The summed E-state index contributed by atoms with van der Waals surface area (Å²) < 4.78 is 37.9. The quantitative estimate of drug-likeness (QED) is 0.298. The average Bonchev–Trinajstić information content (AvgIpc) is 2.99. The first-order valence-corrected chi connectivity index (χ1v) is 11.9. The standard InChI is InChI=1S/C25H22F3N5O3S/c1-24(2)21(34)33(18-8-10-19(11-9-18)37-25(26,27)28)23(36)32(24)15-16-12-13-29-20(14-16)31-22(35)30-17-6-4-3-5-7-17/h3-14H,15H2,1-2H3,(H2,29,30,31,35). The molecule has 0 radical (unpaired) electrons. The molecule has 1 saturated heterocycles. The molecule has 192 valence electrons. The number of urea groups is 2. The van der Waals surface area contributed by atoms with Crippen molar-refractivity contribution in [2.24, 2.45) is 0 Å². The van der Waals surface area contributed by atoms with E-state index in [0.717, 1.165) is 4.90 Å². The first kappa shape index (κ1) is 26.0. The van der Waals surface area contributed by atoms with Crippen molar-refractivity contribution in [1.82, 2.24) is 9.88 Å². The minimum Gasteiger partial charge on any atom is -0.308 e. The lowest BCUT2D eigenvalue weighted by atomic mass is 10.0. The predicted molar refractivity (Wildman–Crippen MR) is 134 cm³/mol. The van der Waals surface area contributed by atoms with E-state index in [1.54, 1.807) is 50.2 Å². The summed E-state index contributed by atoms with van der Waals surface area (Å²) in [6.07, 6.45) is 1.47. The highest BCUT2D eigenvalue weighted by Gasteiger charge is 2.51. The van der Waals surface area contributed by atoms with Crippen LogP contribution in [0.4, 0.5) is 40.0 Å². The van der Waals surface area contributed by atoms with Gasteiger partial charge in [0.1, 0.15) is 11.4 Å². The summed E-state index contributed by atoms with van der Waals surface area (Å²) in [5.41, 5.74) is -4.29. The highest BCUT2D eigenvalue weighted by molar-refractivity contribution is 8.00. The van der Waals surface area contributed by atoms with Gasteiger partial charge in [0.15, 0.2) is 0 Å². The summed E-state index contributed by atoms with van der Waals surface area (Å²) in [5.74, 6) is -0.264. The third-order valence-electron chi connectivity index (χ3n) is 5.59. The molecule has 4 rings (SSSR count). The third-order valence-corrected chi connectivity index (χ3v) is 6.33. The topological polar surface area (TPSA) is 94.6 Å². The Balaban J connectivity index is 1.48. The highest BCUT2D eigenvalue weighted by atomic mass is 32.2. The largest absolute Gasteiger partial charge is 0.446 e. The minimum atomic E-state index is -4.44. The monoisotopic (exact) mass is 529 g/mol. The molecule has 0 atom stereocenters. The number of nitrogens with zero attached hydrogens (tertiary/aromatic N) is 3. The van der Waals surface area contributed by atoms with Crippen molar-refractivity contribution in [1.29, 1.82) is 0 Å². The number of imide groups is 1. The van der Waals surface area contributed by atoms with Crippen LogP contribution in [0.3, 0.4) is 0 Å². The Labute approximate surface area is 214 Å². The molecule has 8 nitrogen and oxygen atoms in total. The molecule has 0 bridgehead atoms. The lowest BCUT2D eigenvalue weighted by Crippen LogP contribution is -2.43. The smallest absolute Gasteiger partial charge is 0.308 e.